The van der Waals surface area contributed by atoms with Crippen molar-refractivity contribution in [1.82, 2.24) is 0 Å². The van der Waals surface area contributed by atoms with Crippen LogP contribution in [-0.4, -0.2) is 11.9 Å². The number of hydrogen-bond acceptors (Lipinski definition) is 4. The van der Waals surface area contributed by atoms with Crippen LogP contribution in [0.15, 0.2) is 51.5 Å². The van der Waals surface area contributed by atoms with Gasteiger partial charge in [-0.15, -0.1) is 0 Å². The van der Waals surface area contributed by atoms with Gasteiger partial charge >= 0.3 is 5.97 Å². The Kier molecular flexibility index (Phi) is 3.62. The van der Waals surface area contributed by atoms with E-state index in [1.165, 1.54) is 0 Å². The number of nitrogens with zero attached hydrogens (tertiary/aromatic N) is 1. The Morgan fingerprint density at radius 2 is 2.10 bits per heavy atom. The summed E-state index contributed by atoms with van der Waals surface area (Å²) in [5.41, 5.74) is 0.856. The first-order chi connectivity index (χ1) is 9.61. The van der Waals surface area contributed by atoms with Gasteiger partial charge in [-0.25, -0.2) is 9.79 Å². The predicted octanol–water partition coefficient (Wildman–Crippen LogP) is 3.88. The average molecular weight is 400 g/mol. The van der Waals surface area contributed by atoms with Crippen LogP contribution in [0.1, 0.15) is 11.3 Å². The van der Waals surface area contributed by atoms with E-state index < -0.39 is 5.97 Å². The molecule has 3 rings (SSSR count). The van der Waals surface area contributed by atoms with Gasteiger partial charge in [-0.05, 0) is 52.9 Å². The molecule has 2 heterocycles. The van der Waals surface area contributed by atoms with Gasteiger partial charge in [0.1, 0.15) is 5.76 Å². The van der Waals surface area contributed by atoms with Crippen molar-refractivity contribution in [1.29, 1.82) is 0 Å². The summed E-state index contributed by atoms with van der Waals surface area (Å²) in [6.45, 7) is 0. The zero-order valence-corrected chi connectivity index (χ0v) is 12.9. The Morgan fingerprint density at radius 1 is 1.25 bits per heavy atom. The zero-order chi connectivity index (χ0) is 14.1. The van der Waals surface area contributed by atoms with Gasteiger partial charge in [-0.3, -0.25) is 0 Å². The smallest absolute Gasteiger partial charge is 0.363 e. The molecule has 20 heavy (non-hydrogen) atoms. The second kappa shape index (κ2) is 5.41. The van der Waals surface area contributed by atoms with Crippen molar-refractivity contribution in [3.63, 3.8) is 0 Å². The molecule has 0 amide bonds. The minimum Gasteiger partial charge on any atom is -0.451 e. The second-order valence-corrected chi connectivity index (χ2v) is 5.49. The maximum absolute atomic E-state index is 11.8. The van der Waals surface area contributed by atoms with Crippen molar-refractivity contribution in [3.05, 3.63) is 62.2 Å². The Bertz CT molecular complexity index is 748. The Balaban J connectivity index is 1.94. The topological polar surface area (TPSA) is 51.8 Å². The van der Waals surface area contributed by atoms with E-state index in [9.17, 15) is 4.79 Å². The van der Waals surface area contributed by atoms with Crippen molar-refractivity contribution in [2.45, 2.75) is 0 Å². The first kappa shape index (κ1) is 13.4. The molecular formula is C14H7ClINO3. The first-order valence-electron chi connectivity index (χ1n) is 5.66. The number of benzene rings is 1. The number of esters is 1. The van der Waals surface area contributed by atoms with E-state index in [0.717, 1.165) is 3.77 Å². The summed E-state index contributed by atoms with van der Waals surface area (Å²) < 4.78 is 11.2. The lowest BCUT2D eigenvalue weighted by Crippen LogP contribution is -2.05. The molecule has 2 aromatic rings. The second-order valence-electron chi connectivity index (χ2n) is 3.99. The third kappa shape index (κ3) is 2.78. The largest absolute Gasteiger partial charge is 0.451 e. The Labute approximate surface area is 133 Å². The normalized spacial score (nSPS) is 16.4. The van der Waals surface area contributed by atoms with E-state index in [2.05, 4.69) is 4.99 Å². The van der Waals surface area contributed by atoms with E-state index in [1.54, 1.807) is 42.5 Å². The SMILES string of the molecule is O=C1OC(c2cccc(Cl)c2)=N/C1=C\c1ccc(I)o1. The molecule has 0 radical (unpaired) electrons. The van der Waals surface area contributed by atoms with Gasteiger partial charge in [0.25, 0.3) is 0 Å². The number of rotatable bonds is 2. The quantitative estimate of drug-likeness (QED) is 0.437. The molecule has 6 heteroatoms. The molecule has 100 valence electrons. The van der Waals surface area contributed by atoms with Crippen LogP contribution in [0.5, 0.6) is 0 Å². The summed E-state index contributed by atoms with van der Waals surface area (Å²) in [5.74, 6) is 0.286. The molecule has 0 saturated heterocycles. The zero-order valence-electron chi connectivity index (χ0n) is 9.97. The highest BCUT2D eigenvalue weighted by atomic mass is 127. The molecule has 0 spiro atoms. The minimum absolute atomic E-state index is 0.200. The summed E-state index contributed by atoms with van der Waals surface area (Å²) in [7, 11) is 0. The molecule has 1 aliphatic rings. The third-order valence-electron chi connectivity index (χ3n) is 2.57. The lowest BCUT2D eigenvalue weighted by molar-refractivity contribution is -0.129. The molecule has 0 unspecified atom stereocenters. The maximum Gasteiger partial charge on any atom is 0.363 e. The van der Waals surface area contributed by atoms with Crippen LogP contribution in [0, 0.1) is 3.77 Å². The fourth-order valence-electron chi connectivity index (χ4n) is 1.69. The minimum atomic E-state index is -0.508. The first-order valence-corrected chi connectivity index (χ1v) is 7.11. The van der Waals surface area contributed by atoms with Gasteiger partial charge in [0, 0.05) is 16.7 Å². The molecule has 1 aromatic heterocycles. The number of aliphatic imine (C=N–C) groups is 1. The predicted molar refractivity (Wildman–Crippen MR) is 83.5 cm³/mol. The highest BCUT2D eigenvalue weighted by Gasteiger charge is 2.24. The summed E-state index contributed by atoms with van der Waals surface area (Å²) in [4.78, 5) is 15.9. The van der Waals surface area contributed by atoms with Crippen LogP contribution >= 0.6 is 34.2 Å². The number of ether oxygens (including phenoxy) is 1. The number of furan rings is 1. The van der Waals surface area contributed by atoms with Gasteiger partial charge in [0.15, 0.2) is 9.46 Å². The van der Waals surface area contributed by atoms with Gasteiger partial charge in [0.05, 0.1) is 0 Å². The fraction of sp³-hybridized carbons (Fsp3) is 0. The highest BCUT2D eigenvalue weighted by molar-refractivity contribution is 14.1. The molecule has 1 aliphatic heterocycles. The van der Waals surface area contributed by atoms with E-state index in [4.69, 9.17) is 20.8 Å². The Hall–Kier alpha value is -1.60. The number of carbonyl (C=O) groups excluding carboxylic acids is 1. The number of cyclic esters (lactones) is 1. The van der Waals surface area contributed by atoms with Crippen LogP contribution in [0.3, 0.4) is 0 Å². The molecule has 0 atom stereocenters. The molecule has 0 saturated carbocycles. The van der Waals surface area contributed by atoms with E-state index in [-0.39, 0.29) is 11.6 Å². The van der Waals surface area contributed by atoms with Crippen LogP contribution in [-0.2, 0) is 9.53 Å². The molecule has 0 N–H and O–H groups in total. The number of halogens is 2. The van der Waals surface area contributed by atoms with Crippen LogP contribution in [0.25, 0.3) is 6.08 Å². The van der Waals surface area contributed by atoms with Crippen LogP contribution in [0.2, 0.25) is 5.02 Å². The molecular weight excluding hydrogens is 393 g/mol. The third-order valence-corrected chi connectivity index (χ3v) is 3.38. The monoisotopic (exact) mass is 399 g/mol. The van der Waals surface area contributed by atoms with Gasteiger partial charge in [-0.1, -0.05) is 17.7 Å². The van der Waals surface area contributed by atoms with Gasteiger partial charge in [-0.2, -0.15) is 0 Å². The van der Waals surface area contributed by atoms with Crippen molar-refractivity contribution >= 4 is 52.1 Å². The summed E-state index contributed by atoms with van der Waals surface area (Å²) in [6, 6.07) is 10.5. The van der Waals surface area contributed by atoms with E-state index >= 15 is 0 Å². The number of carbonyl (C=O) groups is 1. The molecule has 0 bridgehead atoms. The van der Waals surface area contributed by atoms with Crippen LogP contribution in [0.4, 0.5) is 0 Å². The maximum atomic E-state index is 11.8. The highest BCUT2D eigenvalue weighted by Crippen LogP contribution is 2.21. The lowest BCUT2D eigenvalue weighted by Gasteiger charge is -1.98. The fourth-order valence-corrected chi connectivity index (χ4v) is 2.32. The number of hydrogen-bond donors (Lipinski definition) is 0. The van der Waals surface area contributed by atoms with E-state index in [1.807, 2.05) is 22.6 Å². The molecule has 0 aliphatic carbocycles. The standard InChI is InChI=1S/C14H7ClINO3/c15-9-3-1-2-8(6-9)13-17-11(14(18)20-13)7-10-4-5-12(16)19-10/h1-7H/b11-7-. The van der Waals surface area contributed by atoms with Gasteiger partial charge in [0.2, 0.25) is 5.90 Å². The molecule has 1 aromatic carbocycles. The summed E-state index contributed by atoms with van der Waals surface area (Å²) in [6.07, 6.45) is 1.54. The van der Waals surface area contributed by atoms with Crippen LogP contribution < -0.4 is 0 Å². The van der Waals surface area contributed by atoms with Crippen molar-refractivity contribution < 1.29 is 13.9 Å². The average Bonchev–Trinajstić information content (AvgIpc) is 2.97. The summed E-state index contributed by atoms with van der Waals surface area (Å²) >= 11 is 7.95. The van der Waals surface area contributed by atoms with Crippen molar-refractivity contribution in [2.75, 3.05) is 0 Å². The molecule has 0 fully saturated rings. The Morgan fingerprint density at radius 3 is 2.80 bits per heavy atom. The lowest BCUT2D eigenvalue weighted by atomic mass is 10.2. The molecule has 4 nitrogen and oxygen atoms in total. The van der Waals surface area contributed by atoms with Crippen molar-refractivity contribution in [2.24, 2.45) is 4.99 Å². The van der Waals surface area contributed by atoms with Gasteiger partial charge < -0.3 is 9.15 Å². The van der Waals surface area contributed by atoms with E-state index in [0.29, 0.717) is 16.3 Å². The summed E-state index contributed by atoms with van der Waals surface area (Å²) in [5, 5.41) is 0.555. The van der Waals surface area contributed by atoms with Crippen molar-refractivity contribution in [3.8, 4) is 0 Å².